The zero-order valence-corrected chi connectivity index (χ0v) is 15.9. The van der Waals surface area contributed by atoms with Gasteiger partial charge in [0, 0.05) is 25.3 Å². The summed E-state index contributed by atoms with van der Waals surface area (Å²) in [6, 6.07) is 7.82. The van der Waals surface area contributed by atoms with Gasteiger partial charge in [0.25, 0.3) is 0 Å². The van der Waals surface area contributed by atoms with Crippen LogP contribution in [0.4, 0.5) is 23.7 Å². The number of alkyl halides is 3. The number of carboxylic acids is 1. The van der Waals surface area contributed by atoms with Crippen LogP contribution >= 0.6 is 0 Å². The number of aliphatic carboxylic acids is 1. The van der Waals surface area contributed by atoms with Crippen LogP contribution in [-0.4, -0.2) is 72.7 Å². The Morgan fingerprint density at radius 1 is 1.17 bits per heavy atom. The van der Waals surface area contributed by atoms with Gasteiger partial charge in [0.15, 0.2) is 0 Å². The number of aryl methyl sites for hydroxylation is 1. The molecule has 0 spiro atoms. The van der Waals surface area contributed by atoms with Crippen molar-refractivity contribution in [3.8, 4) is 0 Å². The fourth-order valence-electron chi connectivity index (χ4n) is 3.01. The van der Waals surface area contributed by atoms with Gasteiger partial charge in [0.1, 0.15) is 13.1 Å². The highest BCUT2D eigenvalue weighted by molar-refractivity contribution is 6.03. The number of anilines is 1. The predicted octanol–water partition coefficient (Wildman–Crippen LogP) is 0.740. The van der Waals surface area contributed by atoms with E-state index in [1.54, 1.807) is 0 Å². The van der Waals surface area contributed by atoms with Crippen molar-refractivity contribution in [2.45, 2.75) is 19.0 Å². The van der Waals surface area contributed by atoms with Crippen LogP contribution in [0.15, 0.2) is 24.3 Å². The number of imide groups is 1. The number of carbonyl (C=O) groups excluding carboxylic acids is 3. The van der Waals surface area contributed by atoms with Gasteiger partial charge in [-0.25, -0.2) is 9.59 Å². The summed E-state index contributed by atoms with van der Waals surface area (Å²) in [5.74, 6) is -3.37. The van der Waals surface area contributed by atoms with Gasteiger partial charge in [-0.1, -0.05) is 18.2 Å². The Hall–Kier alpha value is -3.31. The second-order valence-corrected chi connectivity index (χ2v) is 6.58. The minimum Gasteiger partial charge on any atom is -0.475 e. The molecule has 0 aromatic heterocycles. The maximum absolute atomic E-state index is 11.9. The Morgan fingerprint density at radius 2 is 1.83 bits per heavy atom. The summed E-state index contributed by atoms with van der Waals surface area (Å²) in [4.78, 5) is 46.7. The highest BCUT2D eigenvalue weighted by Crippen LogP contribution is 2.25. The standard InChI is InChI=1S/C16H20N4O3.C2HF3O2/c21-14(10-20-11-15(22)18-16(20)23)17-7-9-19-8-3-5-12-4-1-2-6-13(12)19;3-2(4,5)1(6)7/h1-2,4,6H,3,5,7-11H2,(H,17,21)(H,18,22,23);(H,6,7). The van der Waals surface area contributed by atoms with Gasteiger partial charge < -0.3 is 20.2 Å². The van der Waals surface area contributed by atoms with Crippen molar-refractivity contribution in [3.63, 3.8) is 0 Å². The first-order valence-corrected chi connectivity index (χ1v) is 9.06. The Balaban J connectivity index is 0.000000396. The monoisotopic (exact) mass is 430 g/mol. The number of rotatable bonds is 5. The lowest BCUT2D eigenvalue weighted by Gasteiger charge is -2.31. The third-order valence-electron chi connectivity index (χ3n) is 4.36. The molecule has 2 aliphatic rings. The van der Waals surface area contributed by atoms with Gasteiger partial charge in [-0.3, -0.25) is 14.9 Å². The number of carboxylic acid groups (broad SMARTS) is 1. The molecule has 1 aromatic rings. The smallest absolute Gasteiger partial charge is 0.475 e. The average Bonchev–Trinajstić information content (AvgIpc) is 2.98. The molecule has 3 rings (SSSR count). The maximum atomic E-state index is 11.9. The van der Waals surface area contributed by atoms with Crippen molar-refractivity contribution in [1.29, 1.82) is 0 Å². The molecule has 3 N–H and O–H groups in total. The van der Waals surface area contributed by atoms with E-state index >= 15 is 0 Å². The third-order valence-corrected chi connectivity index (χ3v) is 4.36. The van der Waals surface area contributed by atoms with Crippen LogP contribution in [0, 0.1) is 0 Å². The predicted molar refractivity (Wildman–Crippen MR) is 98.8 cm³/mol. The van der Waals surface area contributed by atoms with Crippen molar-refractivity contribution in [1.82, 2.24) is 15.5 Å². The number of halogens is 3. The largest absolute Gasteiger partial charge is 0.490 e. The summed E-state index contributed by atoms with van der Waals surface area (Å²) in [6.07, 6.45) is -2.88. The van der Waals surface area contributed by atoms with E-state index in [4.69, 9.17) is 9.90 Å². The molecule has 2 heterocycles. The quantitative estimate of drug-likeness (QED) is 0.593. The topological polar surface area (TPSA) is 119 Å². The molecule has 30 heavy (non-hydrogen) atoms. The second kappa shape index (κ2) is 9.94. The SMILES string of the molecule is O=C(CN1CC(=O)NC1=O)NCCN1CCCc2ccccc21.O=C(O)C(F)(F)F. The molecule has 4 amide bonds. The van der Waals surface area contributed by atoms with Gasteiger partial charge >= 0.3 is 18.2 Å². The number of urea groups is 1. The molecule has 12 heteroatoms. The molecule has 0 bridgehead atoms. The maximum Gasteiger partial charge on any atom is 0.490 e. The van der Waals surface area contributed by atoms with E-state index < -0.39 is 18.2 Å². The van der Waals surface area contributed by atoms with Crippen molar-refractivity contribution in [3.05, 3.63) is 29.8 Å². The van der Waals surface area contributed by atoms with Gasteiger partial charge in [-0.2, -0.15) is 13.2 Å². The van der Waals surface area contributed by atoms with Crippen LogP contribution in [0.3, 0.4) is 0 Å². The summed E-state index contributed by atoms with van der Waals surface area (Å²) in [7, 11) is 0. The second-order valence-electron chi connectivity index (χ2n) is 6.58. The number of nitrogens with zero attached hydrogens (tertiary/aromatic N) is 2. The first-order valence-electron chi connectivity index (χ1n) is 9.06. The molecule has 1 fully saturated rings. The minimum atomic E-state index is -5.08. The lowest BCUT2D eigenvalue weighted by atomic mass is 10.0. The van der Waals surface area contributed by atoms with Gasteiger partial charge in [0.2, 0.25) is 11.8 Å². The summed E-state index contributed by atoms with van der Waals surface area (Å²) in [5, 5.41) is 12.1. The normalized spacial score (nSPS) is 15.7. The van der Waals surface area contributed by atoms with Gasteiger partial charge in [-0.05, 0) is 24.5 Å². The number of amides is 4. The molecule has 0 atom stereocenters. The van der Waals surface area contributed by atoms with Gasteiger partial charge in [0.05, 0.1) is 0 Å². The van der Waals surface area contributed by atoms with Crippen LogP contribution in [0.1, 0.15) is 12.0 Å². The number of para-hydroxylation sites is 1. The minimum absolute atomic E-state index is 0.0498. The summed E-state index contributed by atoms with van der Waals surface area (Å²) < 4.78 is 31.7. The van der Waals surface area contributed by atoms with Crippen molar-refractivity contribution in [2.75, 3.05) is 37.6 Å². The molecule has 0 unspecified atom stereocenters. The highest BCUT2D eigenvalue weighted by Gasteiger charge is 2.38. The number of benzene rings is 1. The lowest BCUT2D eigenvalue weighted by molar-refractivity contribution is -0.192. The fraction of sp³-hybridized carbons (Fsp3) is 0.444. The average molecular weight is 430 g/mol. The van der Waals surface area contributed by atoms with Crippen LogP contribution in [-0.2, 0) is 20.8 Å². The Morgan fingerprint density at radius 3 is 2.43 bits per heavy atom. The molecule has 2 aliphatic heterocycles. The van der Waals surface area contributed by atoms with E-state index in [0.29, 0.717) is 6.54 Å². The van der Waals surface area contributed by atoms with Crippen LogP contribution < -0.4 is 15.5 Å². The van der Waals surface area contributed by atoms with E-state index in [0.717, 1.165) is 25.9 Å². The Labute approximate surface area is 169 Å². The molecule has 0 aliphatic carbocycles. The zero-order chi connectivity index (χ0) is 22.3. The summed E-state index contributed by atoms with van der Waals surface area (Å²) in [5.41, 5.74) is 2.58. The van der Waals surface area contributed by atoms with E-state index in [1.165, 1.54) is 16.2 Å². The number of nitrogens with one attached hydrogen (secondary N) is 2. The lowest BCUT2D eigenvalue weighted by Crippen LogP contribution is -2.42. The molecular weight excluding hydrogens is 409 g/mol. The number of carbonyl (C=O) groups is 4. The highest BCUT2D eigenvalue weighted by atomic mass is 19.4. The van der Waals surface area contributed by atoms with Crippen molar-refractivity contribution < 1.29 is 37.5 Å². The van der Waals surface area contributed by atoms with Crippen LogP contribution in [0.25, 0.3) is 0 Å². The summed E-state index contributed by atoms with van der Waals surface area (Å²) in [6.45, 7) is 2.08. The molecule has 1 aromatic carbocycles. The molecular formula is C18H21F3N4O5. The van der Waals surface area contributed by atoms with E-state index in [9.17, 15) is 27.6 Å². The van der Waals surface area contributed by atoms with E-state index in [2.05, 4.69) is 27.7 Å². The molecule has 1 saturated heterocycles. The number of hydrogen-bond donors (Lipinski definition) is 3. The first kappa shape index (κ1) is 23.0. The molecule has 164 valence electrons. The third kappa shape index (κ3) is 6.64. The zero-order valence-electron chi connectivity index (χ0n) is 15.9. The first-order chi connectivity index (χ1) is 14.1. The van der Waals surface area contributed by atoms with Crippen LogP contribution in [0.5, 0.6) is 0 Å². The van der Waals surface area contributed by atoms with E-state index in [1.807, 2.05) is 12.1 Å². The molecule has 9 nitrogen and oxygen atoms in total. The van der Waals surface area contributed by atoms with Crippen molar-refractivity contribution in [2.24, 2.45) is 0 Å². The van der Waals surface area contributed by atoms with Crippen LogP contribution in [0.2, 0.25) is 0 Å². The van der Waals surface area contributed by atoms with E-state index in [-0.39, 0.29) is 24.9 Å². The Bertz CT molecular complexity index is 815. The molecule has 0 radical (unpaired) electrons. The van der Waals surface area contributed by atoms with Crippen molar-refractivity contribution >= 4 is 29.5 Å². The fourth-order valence-corrected chi connectivity index (χ4v) is 3.01. The summed E-state index contributed by atoms with van der Waals surface area (Å²) >= 11 is 0. The Kier molecular flexibility index (Phi) is 7.61. The number of fused-ring (bicyclic) bond motifs is 1. The number of hydrogen-bond acceptors (Lipinski definition) is 5. The molecule has 0 saturated carbocycles. The van der Waals surface area contributed by atoms with Gasteiger partial charge in [-0.15, -0.1) is 0 Å².